The Labute approximate surface area is 175 Å². The molecule has 0 unspecified atom stereocenters. The maximum atomic E-state index is 13.0. The number of hydrogen-bond donors (Lipinski definition) is 1. The van der Waals surface area contributed by atoms with Crippen molar-refractivity contribution in [2.45, 2.75) is 13.3 Å². The average Bonchev–Trinajstić information content (AvgIpc) is 2.75. The van der Waals surface area contributed by atoms with Crippen LogP contribution in [0.25, 0.3) is 0 Å². The molecule has 0 spiro atoms. The molecule has 0 atom stereocenters. The Bertz CT molecular complexity index is 1000. The number of aromatic nitrogens is 1. The van der Waals surface area contributed by atoms with Gasteiger partial charge in [0, 0.05) is 17.8 Å². The molecular formula is C23H22ClN3O2. The van der Waals surface area contributed by atoms with Crippen LogP contribution in [0.3, 0.4) is 0 Å². The van der Waals surface area contributed by atoms with Crippen molar-refractivity contribution in [1.29, 1.82) is 0 Å². The minimum absolute atomic E-state index is 0.126. The van der Waals surface area contributed by atoms with E-state index in [-0.39, 0.29) is 5.91 Å². The minimum atomic E-state index is -0.126. The molecule has 2 aromatic carbocycles. The van der Waals surface area contributed by atoms with Crippen LogP contribution in [-0.2, 0) is 6.42 Å². The molecule has 4 rings (SSSR count). The Morgan fingerprint density at radius 3 is 2.76 bits per heavy atom. The van der Waals surface area contributed by atoms with Crippen molar-refractivity contribution < 1.29 is 9.53 Å². The minimum Gasteiger partial charge on any atom is -0.490 e. The molecule has 1 N–H and O–H groups in total. The summed E-state index contributed by atoms with van der Waals surface area (Å²) in [4.78, 5) is 19.5. The molecular weight excluding hydrogens is 386 g/mol. The molecule has 0 fully saturated rings. The fourth-order valence-corrected chi connectivity index (χ4v) is 3.50. The van der Waals surface area contributed by atoms with Crippen LogP contribution < -0.4 is 15.0 Å². The third-order valence-electron chi connectivity index (χ3n) is 4.87. The number of anilines is 2. The summed E-state index contributed by atoms with van der Waals surface area (Å²) in [6.07, 6.45) is 2.57. The summed E-state index contributed by atoms with van der Waals surface area (Å²) < 4.78 is 5.81. The van der Waals surface area contributed by atoms with E-state index in [9.17, 15) is 4.79 Å². The molecule has 0 saturated heterocycles. The van der Waals surface area contributed by atoms with E-state index in [4.69, 9.17) is 16.3 Å². The van der Waals surface area contributed by atoms with Gasteiger partial charge in [-0.1, -0.05) is 35.9 Å². The molecule has 0 bridgehead atoms. The molecule has 0 radical (unpaired) electrons. The van der Waals surface area contributed by atoms with Crippen LogP contribution in [0.4, 0.5) is 11.5 Å². The topological polar surface area (TPSA) is 54.5 Å². The smallest absolute Gasteiger partial charge is 0.253 e. The molecule has 1 aromatic heterocycles. The molecule has 148 valence electrons. The van der Waals surface area contributed by atoms with Crippen LogP contribution in [-0.4, -0.2) is 30.6 Å². The van der Waals surface area contributed by atoms with Crippen LogP contribution in [0.15, 0.2) is 60.8 Å². The number of benzene rings is 2. The van der Waals surface area contributed by atoms with Gasteiger partial charge in [-0.25, -0.2) is 4.98 Å². The van der Waals surface area contributed by atoms with Crippen molar-refractivity contribution in [3.8, 4) is 5.75 Å². The molecule has 6 heteroatoms. The summed E-state index contributed by atoms with van der Waals surface area (Å²) in [6, 6.07) is 17.2. The number of nitrogens with one attached hydrogen (secondary N) is 1. The van der Waals surface area contributed by atoms with Crippen molar-refractivity contribution in [2.24, 2.45) is 0 Å². The number of ether oxygens (including phenoxy) is 1. The Morgan fingerprint density at radius 2 is 2.00 bits per heavy atom. The highest BCUT2D eigenvalue weighted by Gasteiger charge is 2.26. The first-order valence-corrected chi connectivity index (χ1v) is 9.98. The number of carbonyl (C=O) groups excluding carboxylic acids is 1. The summed E-state index contributed by atoms with van der Waals surface area (Å²) in [7, 11) is 0. The summed E-state index contributed by atoms with van der Waals surface area (Å²) >= 11 is 5.93. The lowest BCUT2D eigenvalue weighted by Crippen LogP contribution is -2.33. The normalized spacial score (nSPS) is 12.8. The Hall–Kier alpha value is -3.05. The highest BCUT2D eigenvalue weighted by atomic mass is 35.5. The first kappa shape index (κ1) is 19.3. The summed E-state index contributed by atoms with van der Waals surface area (Å²) in [6.45, 7) is 3.72. The average molecular weight is 408 g/mol. The van der Waals surface area contributed by atoms with Gasteiger partial charge in [-0.2, -0.15) is 0 Å². The summed E-state index contributed by atoms with van der Waals surface area (Å²) in [5.41, 5.74) is 3.56. The third-order valence-corrected chi connectivity index (χ3v) is 5.12. The number of hydrogen-bond acceptors (Lipinski definition) is 4. The van der Waals surface area contributed by atoms with E-state index in [2.05, 4.69) is 10.3 Å². The second kappa shape index (κ2) is 8.53. The Morgan fingerprint density at radius 1 is 1.17 bits per heavy atom. The van der Waals surface area contributed by atoms with Crippen molar-refractivity contribution in [3.63, 3.8) is 0 Å². The van der Waals surface area contributed by atoms with E-state index in [1.54, 1.807) is 0 Å². The molecule has 1 aliphatic heterocycles. The molecule has 3 aromatic rings. The third kappa shape index (κ3) is 4.35. The van der Waals surface area contributed by atoms with E-state index >= 15 is 0 Å². The van der Waals surface area contributed by atoms with Gasteiger partial charge in [0.1, 0.15) is 18.2 Å². The number of aryl methyl sites for hydroxylation is 1. The number of halogens is 1. The lowest BCUT2D eigenvalue weighted by Gasteiger charge is -2.32. The van der Waals surface area contributed by atoms with Crippen LogP contribution in [0.2, 0.25) is 5.02 Å². The van der Waals surface area contributed by atoms with Gasteiger partial charge >= 0.3 is 0 Å². The second-order valence-corrected chi connectivity index (χ2v) is 7.41. The number of amides is 1. The first-order valence-electron chi connectivity index (χ1n) is 9.60. The summed E-state index contributed by atoms with van der Waals surface area (Å²) in [5.74, 6) is 1.38. The molecule has 0 saturated carbocycles. The van der Waals surface area contributed by atoms with E-state index in [1.165, 1.54) is 0 Å². The monoisotopic (exact) mass is 407 g/mol. The highest BCUT2D eigenvalue weighted by Crippen LogP contribution is 2.38. The zero-order valence-corrected chi connectivity index (χ0v) is 16.9. The first-order chi connectivity index (χ1) is 14.1. The van der Waals surface area contributed by atoms with Gasteiger partial charge in [0.15, 0.2) is 0 Å². The van der Waals surface area contributed by atoms with Crippen LogP contribution >= 0.6 is 11.6 Å². The fourth-order valence-electron chi connectivity index (χ4n) is 3.37. The largest absolute Gasteiger partial charge is 0.490 e. The zero-order chi connectivity index (χ0) is 20.2. The van der Waals surface area contributed by atoms with Gasteiger partial charge in [0.05, 0.1) is 17.8 Å². The second-order valence-electron chi connectivity index (χ2n) is 6.98. The van der Waals surface area contributed by atoms with Gasteiger partial charge in [-0.3, -0.25) is 4.79 Å². The number of nitrogens with zero attached hydrogens (tertiary/aromatic N) is 2. The molecule has 2 heterocycles. The van der Waals surface area contributed by atoms with Crippen molar-refractivity contribution in [2.75, 3.05) is 24.6 Å². The Balaban J connectivity index is 1.54. The number of para-hydroxylation sites is 1. The standard InChI is InChI=1S/C23H22ClN3O2/c1-16-5-10-21(26-15-16)27-13-14-29-20-4-2-3-19(22(20)27)23(28)25-12-11-17-6-8-18(24)9-7-17/h2-10,15H,11-14H2,1H3,(H,25,28). The maximum absolute atomic E-state index is 13.0. The van der Waals surface area contributed by atoms with Crippen molar-refractivity contribution >= 4 is 29.0 Å². The van der Waals surface area contributed by atoms with Crippen molar-refractivity contribution in [3.05, 3.63) is 82.5 Å². The Kier molecular flexibility index (Phi) is 5.67. The molecule has 1 aliphatic rings. The van der Waals surface area contributed by atoms with E-state index in [0.717, 1.165) is 29.1 Å². The van der Waals surface area contributed by atoms with Gasteiger partial charge in [-0.15, -0.1) is 0 Å². The molecule has 5 nitrogen and oxygen atoms in total. The number of rotatable bonds is 5. The molecule has 0 aliphatic carbocycles. The number of carbonyl (C=O) groups is 1. The lowest BCUT2D eigenvalue weighted by atomic mass is 10.1. The lowest BCUT2D eigenvalue weighted by molar-refractivity contribution is 0.0954. The van der Waals surface area contributed by atoms with Crippen LogP contribution in [0, 0.1) is 6.92 Å². The molecule has 29 heavy (non-hydrogen) atoms. The molecule has 1 amide bonds. The van der Waals surface area contributed by atoms with E-state index in [0.29, 0.717) is 36.0 Å². The predicted molar refractivity (Wildman–Crippen MR) is 115 cm³/mol. The van der Waals surface area contributed by atoms with Crippen molar-refractivity contribution in [1.82, 2.24) is 10.3 Å². The van der Waals surface area contributed by atoms with Gasteiger partial charge < -0.3 is 15.0 Å². The SMILES string of the molecule is Cc1ccc(N2CCOc3cccc(C(=O)NCCc4ccc(Cl)cc4)c32)nc1. The van der Waals surface area contributed by atoms with Crippen LogP contribution in [0.1, 0.15) is 21.5 Å². The fraction of sp³-hybridized carbons (Fsp3) is 0.217. The highest BCUT2D eigenvalue weighted by molar-refractivity contribution is 6.30. The number of pyridine rings is 1. The zero-order valence-electron chi connectivity index (χ0n) is 16.2. The van der Waals surface area contributed by atoms with Gasteiger partial charge in [0.2, 0.25) is 0 Å². The van der Waals surface area contributed by atoms with Gasteiger partial charge in [-0.05, 0) is 54.8 Å². The predicted octanol–water partition coefficient (Wildman–Crippen LogP) is 4.55. The van der Waals surface area contributed by atoms with E-state index < -0.39 is 0 Å². The summed E-state index contributed by atoms with van der Waals surface area (Å²) in [5, 5.41) is 3.73. The van der Waals surface area contributed by atoms with Gasteiger partial charge in [0.25, 0.3) is 5.91 Å². The maximum Gasteiger partial charge on any atom is 0.253 e. The van der Waals surface area contributed by atoms with Crippen LogP contribution in [0.5, 0.6) is 5.75 Å². The number of fused-ring (bicyclic) bond motifs is 1. The van der Waals surface area contributed by atoms with E-state index in [1.807, 2.05) is 72.6 Å². The quantitative estimate of drug-likeness (QED) is 0.674.